The molecule has 3 rings (SSSR count). The van der Waals surface area contributed by atoms with E-state index in [4.69, 9.17) is 4.74 Å². The van der Waals surface area contributed by atoms with Gasteiger partial charge in [0.25, 0.3) is 0 Å². The molecule has 1 atom stereocenters. The van der Waals surface area contributed by atoms with Gasteiger partial charge in [-0.1, -0.05) is 41.1 Å². The van der Waals surface area contributed by atoms with Gasteiger partial charge in [-0.3, -0.25) is 0 Å². The highest BCUT2D eigenvalue weighted by atomic mass is 79.9. The third-order valence-corrected chi connectivity index (χ3v) is 5.94. The Morgan fingerprint density at radius 2 is 2.06 bits per heavy atom. The Morgan fingerprint density at radius 1 is 1.22 bits per heavy atom. The van der Waals surface area contributed by atoms with Crippen LogP contribution in [0.2, 0.25) is 0 Å². The molecule has 0 amide bonds. The van der Waals surface area contributed by atoms with Crippen molar-refractivity contribution in [2.75, 3.05) is 0 Å². The van der Waals surface area contributed by atoms with Crippen molar-refractivity contribution >= 4 is 27.3 Å². The molecule has 0 saturated carbocycles. The highest BCUT2D eigenvalue weighted by Crippen LogP contribution is 2.37. The molecule has 0 N–H and O–H groups in total. The van der Waals surface area contributed by atoms with E-state index in [0.29, 0.717) is 4.83 Å². The van der Waals surface area contributed by atoms with Gasteiger partial charge in [0, 0.05) is 9.75 Å². The summed E-state index contributed by atoms with van der Waals surface area (Å²) in [5, 5.41) is 0. The molecular weight excluding hydrogens is 308 g/mol. The molecule has 1 aromatic carbocycles. The van der Waals surface area contributed by atoms with E-state index >= 15 is 0 Å². The van der Waals surface area contributed by atoms with Crippen LogP contribution in [-0.4, -0.2) is 0 Å². The summed E-state index contributed by atoms with van der Waals surface area (Å²) >= 11 is 5.71. The second kappa shape index (κ2) is 5.16. The van der Waals surface area contributed by atoms with Crippen LogP contribution < -0.4 is 0 Å². The third-order valence-electron chi connectivity index (χ3n) is 3.32. The van der Waals surface area contributed by atoms with E-state index in [1.54, 1.807) is 0 Å². The molecule has 18 heavy (non-hydrogen) atoms. The van der Waals surface area contributed by atoms with Gasteiger partial charge < -0.3 is 4.74 Å². The highest BCUT2D eigenvalue weighted by Gasteiger charge is 2.17. The zero-order valence-electron chi connectivity index (χ0n) is 10.3. The van der Waals surface area contributed by atoms with Gasteiger partial charge in [-0.05, 0) is 35.2 Å². The summed E-state index contributed by atoms with van der Waals surface area (Å²) in [5.74, 6) is 0. The van der Waals surface area contributed by atoms with E-state index in [9.17, 15) is 0 Å². The number of aryl methyl sites for hydroxylation is 1. The fourth-order valence-electron chi connectivity index (χ4n) is 2.23. The van der Waals surface area contributed by atoms with Crippen molar-refractivity contribution in [3.8, 4) is 0 Å². The Hall–Kier alpha value is -0.640. The number of halogens is 1. The monoisotopic (exact) mass is 322 g/mol. The molecule has 0 fully saturated rings. The molecule has 0 aliphatic carbocycles. The van der Waals surface area contributed by atoms with Crippen molar-refractivity contribution in [3.05, 3.63) is 56.8 Å². The first kappa shape index (κ1) is 12.4. The van der Waals surface area contributed by atoms with Gasteiger partial charge in [-0.15, -0.1) is 11.3 Å². The first-order valence-electron chi connectivity index (χ1n) is 6.20. The van der Waals surface area contributed by atoms with Crippen LogP contribution in [0.4, 0.5) is 0 Å². The van der Waals surface area contributed by atoms with Crippen molar-refractivity contribution in [3.63, 3.8) is 0 Å². The molecule has 0 saturated heterocycles. The number of rotatable bonds is 3. The van der Waals surface area contributed by atoms with E-state index < -0.39 is 0 Å². The molecule has 2 heterocycles. The number of alkyl halides is 1. The molecule has 3 heteroatoms. The van der Waals surface area contributed by atoms with Crippen molar-refractivity contribution in [1.29, 1.82) is 0 Å². The number of benzene rings is 1. The standard InChI is InChI=1S/C15H15BrOS/c1-2-13-5-6-14(18-13)15(16)10-3-4-11-8-17-9-12(11)7-10/h3-7,15H,2,8-9H2,1H3. The molecular formula is C15H15BrOS. The van der Waals surface area contributed by atoms with Crippen LogP contribution in [0.25, 0.3) is 0 Å². The average molecular weight is 323 g/mol. The molecule has 0 radical (unpaired) electrons. The van der Waals surface area contributed by atoms with E-state index in [1.165, 1.54) is 26.4 Å². The normalized spacial score (nSPS) is 15.7. The summed E-state index contributed by atoms with van der Waals surface area (Å²) < 4.78 is 5.46. The maximum absolute atomic E-state index is 5.46. The Morgan fingerprint density at radius 3 is 2.83 bits per heavy atom. The molecule has 94 valence electrons. The molecule has 0 spiro atoms. The lowest BCUT2D eigenvalue weighted by atomic mass is 10.0. The van der Waals surface area contributed by atoms with Crippen molar-refractivity contribution < 1.29 is 4.74 Å². The lowest BCUT2D eigenvalue weighted by Crippen LogP contribution is -1.92. The first-order valence-corrected chi connectivity index (χ1v) is 7.93. The summed E-state index contributed by atoms with van der Waals surface area (Å²) in [5.41, 5.74) is 3.99. The minimum Gasteiger partial charge on any atom is -0.372 e. The maximum Gasteiger partial charge on any atom is 0.0738 e. The summed E-state index contributed by atoms with van der Waals surface area (Å²) in [4.78, 5) is 3.12. The predicted molar refractivity (Wildman–Crippen MR) is 79.4 cm³/mol. The van der Waals surface area contributed by atoms with E-state index in [2.05, 4.69) is 53.2 Å². The van der Waals surface area contributed by atoms with Crippen LogP contribution in [0.1, 0.15) is 38.2 Å². The summed E-state index contributed by atoms with van der Waals surface area (Å²) in [6, 6.07) is 11.1. The second-order valence-electron chi connectivity index (χ2n) is 4.54. The number of ether oxygens (including phenoxy) is 1. The van der Waals surface area contributed by atoms with Crippen molar-refractivity contribution in [1.82, 2.24) is 0 Å². The topological polar surface area (TPSA) is 9.23 Å². The molecule has 1 aliphatic heterocycles. The van der Waals surface area contributed by atoms with Gasteiger partial charge in [-0.2, -0.15) is 0 Å². The van der Waals surface area contributed by atoms with Crippen LogP contribution in [-0.2, 0) is 24.4 Å². The number of thiophene rings is 1. The van der Waals surface area contributed by atoms with E-state index in [0.717, 1.165) is 19.6 Å². The summed E-state index contributed by atoms with van der Waals surface area (Å²) in [6.07, 6.45) is 1.11. The lowest BCUT2D eigenvalue weighted by Gasteiger charge is -2.09. The zero-order chi connectivity index (χ0) is 12.5. The van der Waals surface area contributed by atoms with Gasteiger partial charge in [0.1, 0.15) is 0 Å². The maximum atomic E-state index is 5.46. The van der Waals surface area contributed by atoms with Gasteiger partial charge in [0.15, 0.2) is 0 Å². The van der Waals surface area contributed by atoms with E-state index in [1.807, 2.05) is 11.3 Å². The van der Waals surface area contributed by atoms with Crippen LogP contribution in [0.15, 0.2) is 30.3 Å². The van der Waals surface area contributed by atoms with E-state index in [-0.39, 0.29) is 0 Å². The van der Waals surface area contributed by atoms with Crippen LogP contribution in [0, 0.1) is 0 Å². The predicted octanol–water partition coefficient (Wildman–Crippen LogP) is 4.83. The Balaban J connectivity index is 1.89. The minimum absolute atomic E-state index is 0.300. The minimum atomic E-state index is 0.300. The fourth-order valence-corrected chi connectivity index (χ4v) is 3.91. The third kappa shape index (κ3) is 2.27. The second-order valence-corrected chi connectivity index (χ2v) is 6.66. The highest BCUT2D eigenvalue weighted by molar-refractivity contribution is 9.09. The Bertz CT molecular complexity index is 561. The number of fused-ring (bicyclic) bond motifs is 1. The smallest absolute Gasteiger partial charge is 0.0738 e. The first-order chi connectivity index (χ1) is 8.78. The largest absolute Gasteiger partial charge is 0.372 e. The van der Waals surface area contributed by atoms with Crippen LogP contribution in [0.3, 0.4) is 0 Å². The number of hydrogen-bond donors (Lipinski definition) is 0. The summed E-state index contributed by atoms with van der Waals surface area (Å²) in [7, 11) is 0. The van der Waals surface area contributed by atoms with Crippen molar-refractivity contribution in [2.45, 2.75) is 31.4 Å². The quantitative estimate of drug-likeness (QED) is 0.736. The molecule has 1 unspecified atom stereocenters. The Kier molecular flexibility index (Phi) is 3.55. The van der Waals surface area contributed by atoms with Crippen LogP contribution >= 0.6 is 27.3 Å². The molecule has 1 nitrogen and oxygen atoms in total. The molecule has 1 aromatic heterocycles. The number of hydrogen-bond acceptors (Lipinski definition) is 2. The van der Waals surface area contributed by atoms with Gasteiger partial charge >= 0.3 is 0 Å². The zero-order valence-corrected chi connectivity index (χ0v) is 12.7. The van der Waals surface area contributed by atoms with Gasteiger partial charge in [-0.25, -0.2) is 0 Å². The lowest BCUT2D eigenvalue weighted by molar-refractivity contribution is 0.134. The van der Waals surface area contributed by atoms with Crippen molar-refractivity contribution in [2.24, 2.45) is 0 Å². The Labute approximate surface area is 120 Å². The average Bonchev–Trinajstić information content (AvgIpc) is 3.05. The van der Waals surface area contributed by atoms with Gasteiger partial charge in [0.05, 0.1) is 18.0 Å². The SMILES string of the molecule is CCc1ccc(C(Br)c2ccc3c(c2)COC3)s1. The molecule has 0 bridgehead atoms. The fraction of sp³-hybridized carbons (Fsp3) is 0.333. The van der Waals surface area contributed by atoms with Gasteiger partial charge in [0.2, 0.25) is 0 Å². The molecule has 1 aliphatic rings. The molecule has 2 aromatic rings. The van der Waals surface area contributed by atoms with Crippen LogP contribution in [0.5, 0.6) is 0 Å². The summed E-state index contributed by atoms with van der Waals surface area (Å²) in [6.45, 7) is 3.72.